The van der Waals surface area contributed by atoms with Gasteiger partial charge in [0.25, 0.3) is 5.91 Å². The zero-order valence-corrected chi connectivity index (χ0v) is 13.4. The van der Waals surface area contributed by atoms with Crippen molar-refractivity contribution < 1.29 is 9.53 Å². The van der Waals surface area contributed by atoms with E-state index in [2.05, 4.69) is 26.2 Å². The SMILES string of the molecule is COc1cnccc1C(=O)NCC1CCCCC1CBr. The van der Waals surface area contributed by atoms with Gasteiger partial charge in [0.05, 0.1) is 18.9 Å². The van der Waals surface area contributed by atoms with Crippen molar-refractivity contribution in [2.45, 2.75) is 25.7 Å². The highest BCUT2D eigenvalue weighted by atomic mass is 79.9. The normalized spacial score (nSPS) is 22.3. The lowest BCUT2D eigenvalue weighted by Crippen LogP contribution is -2.35. The molecule has 0 aromatic carbocycles. The fourth-order valence-electron chi connectivity index (χ4n) is 2.81. The number of nitrogens with zero attached hydrogens (tertiary/aromatic N) is 1. The minimum atomic E-state index is -0.0804. The summed E-state index contributed by atoms with van der Waals surface area (Å²) >= 11 is 3.59. The first-order valence-electron chi connectivity index (χ1n) is 7.08. The Morgan fingerprint density at radius 3 is 2.90 bits per heavy atom. The quantitative estimate of drug-likeness (QED) is 0.838. The van der Waals surface area contributed by atoms with Crippen LogP contribution in [0.25, 0.3) is 0 Å². The molecule has 1 amide bonds. The molecule has 0 aliphatic heterocycles. The molecule has 0 bridgehead atoms. The molecule has 1 saturated carbocycles. The first-order chi connectivity index (χ1) is 9.76. The maximum Gasteiger partial charge on any atom is 0.255 e. The Hall–Kier alpha value is -1.10. The maximum absolute atomic E-state index is 12.2. The molecule has 4 nitrogen and oxygen atoms in total. The molecule has 110 valence electrons. The lowest BCUT2D eigenvalue weighted by molar-refractivity contribution is 0.0934. The van der Waals surface area contributed by atoms with Gasteiger partial charge in [-0.1, -0.05) is 28.8 Å². The van der Waals surface area contributed by atoms with Crippen molar-refractivity contribution in [1.82, 2.24) is 10.3 Å². The highest BCUT2D eigenvalue weighted by Crippen LogP contribution is 2.30. The Bertz CT molecular complexity index is 453. The van der Waals surface area contributed by atoms with Gasteiger partial charge in [0.15, 0.2) is 0 Å². The van der Waals surface area contributed by atoms with Crippen LogP contribution in [0.2, 0.25) is 0 Å². The Balaban J connectivity index is 1.94. The Kier molecular flexibility index (Phi) is 5.83. The molecule has 20 heavy (non-hydrogen) atoms. The molecule has 1 heterocycles. The van der Waals surface area contributed by atoms with Gasteiger partial charge in [-0.2, -0.15) is 0 Å². The van der Waals surface area contributed by atoms with Crippen LogP contribution in [-0.2, 0) is 0 Å². The Morgan fingerprint density at radius 2 is 2.20 bits per heavy atom. The average Bonchev–Trinajstić information content (AvgIpc) is 2.52. The summed E-state index contributed by atoms with van der Waals surface area (Å²) in [6, 6.07) is 1.69. The number of hydrogen-bond donors (Lipinski definition) is 1. The maximum atomic E-state index is 12.2. The number of halogens is 1. The summed E-state index contributed by atoms with van der Waals surface area (Å²) in [6.07, 6.45) is 8.20. The highest BCUT2D eigenvalue weighted by molar-refractivity contribution is 9.09. The summed E-state index contributed by atoms with van der Waals surface area (Å²) in [6.45, 7) is 0.737. The minimum absolute atomic E-state index is 0.0804. The van der Waals surface area contributed by atoms with Crippen LogP contribution in [0.1, 0.15) is 36.0 Å². The second-order valence-corrected chi connectivity index (χ2v) is 5.89. The molecule has 1 aliphatic rings. The third-order valence-corrected chi connectivity index (χ3v) is 4.87. The van der Waals surface area contributed by atoms with Crippen molar-refractivity contribution in [2.75, 3.05) is 19.0 Å². The molecule has 1 N–H and O–H groups in total. The second-order valence-electron chi connectivity index (χ2n) is 5.24. The number of carbonyl (C=O) groups is 1. The van der Waals surface area contributed by atoms with Crippen LogP contribution >= 0.6 is 15.9 Å². The Morgan fingerprint density at radius 1 is 1.45 bits per heavy atom. The molecule has 5 heteroatoms. The van der Waals surface area contributed by atoms with E-state index in [1.807, 2.05) is 0 Å². The zero-order valence-electron chi connectivity index (χ0n) is 11.8. The summed E-state index contributed by atoms with van der Waals surface area (Å²) < 4.78 is 5.17. The van der Waals surface area contributed by atoms with Gasteiger partial charge in [-0.05, 0) is 30.7 Å². The summed E-state index contributed by atoms with van der Waals surface area (Å²) in [5.41, 5.74) is 0.550. The van der Waals surface area contributed by atoms with Crippen molar-refractivity contribution in [1.29, 1.82) is 0 Å². The number of methoxy groups -OCH3 is 1. The molecular weight excluding hydrogens is 320 g/mol. The average molecular weight is 341 g/mol. The van der Waals surface area contributed by atoms with E-state index < -0.39 is 0 Å². The Labute approximate surface area is 128 Å². The smallest absolute Gasteiger partial charge is 0.255 e. The first kappa shape index (κ1) is 15.3. The number of pyridine rings is 1. The monoisotopic (exact) mass is 340 g/mol. The zero-order chi connectivity index (χ0) is 14.4. The number of carbonyl (C=O) groups excluding carboxylic acids is 1. The standard InChI is InChI=1S/C15H21BrN2O2/c1-20-14-10-17-7-6-13(14)15(19)18-9-12-5-3-2-4-11(12)8-16/h6-7,10-12H,2-5,8-9H2,1H3,(H,18,19). The van der Waals surface area contributed by atoms with Gasteiger partial charge < -0.3 is 10.1 Å². The second kappa shape index (κ2) is 7.62. The van der Waals surface area contributed by atoms with Crippen molar-refractivity contribution in [3.63, 3.8) is 0 Å². The lowest BCUT2D eigenvalue weighted by Gasteiger charge is -2.30. The third-order valence-electron chi connectivity index (χ3n) is 4.04. The third kappa shape index (κ3) is 3.72. The van der Waals surface area contributed by atoms with Crippen LogP contribution in [-0.4, -0.2) is 29.9 Å². The van der Waals surface area contributed by atoms with E-state index in [9.17, 15) is 4.79 Å². The molecule has 1 fully saturated rings. The predicted molar refractivity (Wildman–Crippen MR) is 82.4 cm³/mol. The predicted octanol–water partition coefficient (Wildman–Crippen LogP) is 3.02. The molecule has 1 aromatic heterocycles. The van der Waals surface area contributed by atoms with Crippen molar-refractivity contribution in [3.05, 3.63) is 24.0 Å². The van der Waals surface area contributed by atoms with E-state index in [1.165, 1.54) is 25.7 Å². The van der Waals surface area contributed by atoms with E-state index in [0.29, 0.717) is 23.1 Å². The first-order valence-corrected chi connectivity index (χ1v) is 8.20. The molecule has 2 rings (SSSR count). The number of aromatic nitrogens is 1. The van der Waals surface area contributed by atoms with Crippen molar-refractivity contribution >= 4 is 21.8 Å². The lowest BCUT2D eigenvalue weighted by atomic mass is 9.80. The minimum Gasteiger partial charge on any atom is -0.494 e. The number of ether oxygens (including phenoxy) is 1. The van der Waals surface area contributed by atoms with Crippen molar-refractivity contribution in [2.24, 2.45) is 11.8 Å². The van der Waals surface area contributed by atoms with E-state index in [1.54, 1.807) is 25.6 Å². The van der Waals surface area contributed by atoms with Gasteiger partial charge in [0.2, 0.25) is 0 Å². The fraction of sp³-hybridized carbons (Fsp3) is 0.600. The van der Waals surface area contributed by atoms with Crippen LogP contribution in [0.4, 0.5) is 0 Å². The molecule has 2 unspecified atom stereocenters. The number of hydrogen-bond acceptors (Lipinski definition) is 3. The highest BCUT2D eigenvalue weighted by Gasteiger charge is 2.24. The van der Waals surface area contributed by atoms with E-state index in [0.717, 1.165) is 11.9 Å². The summed E-state index contributed by atoms with van der Waals surface area (Å²) in [4.78, 5) is 16.2. The molecule has 1 aromatic rings. The van der Waals surface area contributed by atoms with Crippen LogP contribution in [0.15, 0.2) is 18.5 Å². The van der Waals surface area contributed by atoms with E-state index in [-0.39, 0.29) is 5.91 Å². The number of alkyl halides is 1. The topological polar surface area (TPSA) is 51.2 Å². The summed E-state index contributed by atoms with van der Waals surface area (Å²) in [5, 5.41) is 4.06. The molecular formula is C15H21BrN2O2. The largest absolute Gasteiger partial charge is 0.494 e. The van der Waals surface area contributed by atoms with Gasteiger partial charge in [0.1, 0.15) is 5.75 Å². The van der Waals surface area contributed by atoms with E-state index >= 15 is 0 Å². The number of nitrogens with one attached hydrogen (secondary N) is 1. The molecule has 0 radical (unpaired) electrons. The summed E-state index contributed by atoms with van der Waals surface area (Å²) in [5.74, 6) is 1.68. The molecule has 0 spiro atoms. The van der Waals surface area contributed by atoms with Gasteiger partial charge in [-0.3, -0.25) is 9.78 Å². The van der Waals surface area contributed by atoms with Gasteiger partial charge in [0, 0.05) is 18.1 Å². The van der Waals surface area contributed by atoms with Crippen molar-refractivity contribution in [3.8, 4) is 5.75 Å². The van der Waals surface area contributed by atoms with Gasteiger partial charge in [-0.25, -0.2) is 0 Å². The van der Waals surface area contributed by atoms with Gasteiger partial charge >= 0.3 is 0 Å². The molecule has 2 atom stereocenters. The number of rotatable bonds is 5. The molecule has 1 aliphatic carbocycles. The fourth-order valence-corrected chi connectivity index (χ4v) is 3.66. The van der Waals surface area contributed by atoms with Crippen LogP contribution in [0, 0.1) is 11.8 Å². The summed E-state index contributed by atoms with van der Waals surface area (Å²) in [7, 11) is 1.55. The van der Waals surface area contributed by atoms with Crippen LogP contribution in [0.5, 0.6) is 5.75 Å². The van der Waals surface area contributed by atoms with Crippen LogP contribution < -0.4 is 10.1 Å². The van der Waals surface area contributed by atoms with E-state index in [4.69, 9.17) is 4.74 Å². The number of amides is 1. The molecule has 0 saturated heterocycles. The van der Waals surface area contributed by atoms with Gasteiger partial charge in [-0.15, -0.1) is 0 Å². The van der Waals surface area contributed by atoms with Crippen LogP contribution in [0.3, 0.4) is 0 Å².